The molecule has 1 unspecified atom stereocenters. The summed E-state index contributed by atoms with van der Waals surface area (Å²) in [6.07, 6.45) is 2.30. The maximum Gasteiger partial charge on any atom is 0.124 e. The van der Waals surface area contributed by atoms with Gasteiger partial charge in [0.05, 0.1) is 13.7 Å². The molecule has 0 radical (unpaired) electrons. The highest BCUT2D eigenvalue weighted by molar-refractivity contribution is 5.51. The second-order valence-electron chi connectivity index (χ2n) is 4.02. The SMILES string of the molecule is CCCC(C)Nc1ccc(OC)c(CO)c1. The number of anilines is 1. The number of aliphatic hydroxyl groups excluding tert-OH is 1. The summed E-state index contributed by atoms with van der Waals surface area (Å²) in [7, 11) is 1.61. The van der Waals surface area contributed by atoms with Crippen LogP contribution in [0.3, 0.4) is 0 Å². The summed E-state index contributed by atoms with van der Waals surface area (Å²) >= 11 is 0. The van der Waals surface area contributed by atoms with Gasteiger partial charge in [0.15, 0.2) is 0 Å². The molecule has 2 N–H and O–H groups in total. The Balaban J connectivity index is 2.74. The zero-order valence-corrected chi connectivity index (χ0v) is 10.3. The van der Waals surface area contributed by atoms with Crippen LogP contribution < -0.4 is 10.1 Å². The van der Waals surface area contributed by atoms with Gasteiger partial charge in [0.25, 0.3) is 0 Å². The quantitative estimate of drug-likeness (QED) is 0.779. The largest absolute Gasteiger partial charge is 0.496 e. The highest BCUT2D eigenvalue weighted by atomic mass is 16.5. The van der Waals surface area contributed by atoms with Gasteiger partial charge in [-0.05, 0) is 31.5 Å². The molecule has 0 aliphatic rings. The lowest BCUT2D eigenvalue weighted by Crippen LogP contribution is -2.14. The Hall–Kier alpha value is -1.22. The summed E-state index contributed by atoms with van der Waals surface area (Å²) in [6.45, 7) is 4.33. The number of methoxy groups -OCH3 is 1. The zero-order valence-electron chi connectivity index (χ0n) is 10.3. The second kappa shape index (κ2) is 6.38. The van der Waals surface area contributed by atoms with E-state index in [9.17, 15) is 5.11 Å². The van der Waals surface area contributed by atoms with Gasteiger partial charge >= 0.3 is 0 Å². The predicted molar refractivity (Wildman–Crippen MR) is 66.9 cm³/mol. The second-order valence-corrected chi connectivity index (χ2v) is 4.02. The van der Waals surface area contributed by atoms with E-state index in [1.807, 2.05) is 18.2 Å². The fourth-order valence-corrected chi connectivity index (χ4v) is 1.78. The lowest BCUT2D eigenvalue weighted by atomic mass is 10.1. The number of aliphatic hydroxyl groups is 1. The fourth-order valence-electron chi connectivity index (χ4n) is 1.78. The maximum absolute atomic E-state index is 9.20. The molecule has 3 nitrogen and oxygen atoms in total. The molecule has 0 aliphatic heterocycles. The summed E-state index contributed by atoms with van der Waals surface area (Å²) in [5, 5.41) is 12.6. The molecule has 0 bridgehead atoms. The van der Waals surface area contributed by atoms with Crippen LogP contribution >= 0.6 is 0 Å². The van der Waals surface area contributed by atoms with Crippen molar-refractivity contribution in [3.8, 4) is 5.75 Å². The zero-order chi connectivity index (χ0) is 12.0. The van der Waals surface area contributed by atoms with Crippen LogP contribution in [0.25, 0.3) is 0 Å². The van der Waals surface area contributed by atoms with E-state index in [-0.39, 0.29) is 6.61 Å². The molecule has 16 heavy (non-hydrogen) atoms. The molecule has 0 aliphatic carbocycles. The van der Waals surface area contributed by atoms with E-state index in [1.54, 1.807) is 7.11 Å². The minimum absolute atomic E-state index is 0.000845. The number of benzene rings is 1. The van der Waals surface area contributed by atoms with E-state index < -0.39 is 0 Å². The molecule has 1 aromatic rings. The van der Waals surface area contributed by atoms with Crippen molar-refractivity contribution in [2.24, 2.45) is 0 Å². The van der Waals surface area contributed by atoms with Crippen LogP contribution in [-0.4, -0.2) is 18.3 Å². The van der Waals surface area contributed by atoms with E-state index in [0.717, 1.165) is 29.8 Å². The minimum Gasteiger partial charge on any atom is -0.496 e. The molecule has 1 rings (SSSR count). The minimum atomic E-state index is 0.000845. The molecule has 0 saturated heterocycles. The topological polar surface area (TPSA) is 41.5 Å². The maximum atomic E-state index is 9.20. The van der Waals surface area contributed by atoms with Crippen LogP contribution in [0.5, 0.6) is 5.75 Å². The Kier molecular flexibility index (Phi) is 5.12. The van der Waals surface area contributed by atoms with Crippen molar-refractivity contribution in [3.05, 3.63) is 23.8 Å². The predicted octanol–water partition coefficient (Wildman–Crippen LogP) is 2.79. The third-order valence-electron chi connectivity index (χ3n) is 2.59. The summed E-state index contributed by atoms with van der Waals surface area (Å²) in [6, 6.07) is 6.24. The average molecular weight is 223 g/mol. The van der Waals surface area contributed by atoms with Gasteiger partial charge in [0.2, 0.25) is 0 Å². The molecule has 0 fully saturated rings. The number of hydrogen-bond donors (Lipinski definition) is 2. The van der Waals surface area contributed by atoms with E-state index in [4.69, 9.17) is 4.74 Å². The molecule has 0 heterocycles. The molecule has 0 amide bonds. The lowest BCUT2D eigenvalue weighted by molar-refractivity contribution is 0.274. The molecule has 3 heteroatoms. The van der Waals surface area contributed by atoms with Crippen molar-refractivity contribution in [1.29, 1.82) is 0 Å². The number of ether oxygens (including phenoxy) is 1. The van der Waals surface area contributed by atoms with E-state index in [0.29, 0.717) is 6.04 Å². The van der Waals surface area contributed by atoms with Gasteiger partial charge in [-0.2, -0.15) is 0 Å². The Morgan fingerprint density at radius 3 is 2.75 bits per heavy atom. The Labute approximate surface area is 97.4 Å². The third kappa shape index (κ3) is 3.42. The summed E-state index contributed by atoms with van der Waals surface area (Å²) in [5.74, 6) is 0.733. The van der Waals surface area contributed by atoms with Gasteiger partial charge in [0.1, 0.15) is 5.75 Å². The monoisotopic (exact) mass is 223 g/mol. The van der Waals surface area contributed by atoms with Crippen LogP contribution in [0.15, 0.2) is 18.2 Å². The molecule has 1 atom stereocenters. The van der Waals surface area contributed by atoms with Gasteiger partial charge in [-0.3, -0.25) is 0 Å². The standard InChI is InChI=1S/C13H21NO2/c1-4-5-10(2)14-12-6-7-13(16-3)11(8-12)9-15/h6-8,10,14-15H,4-5,9H2,1-3H3. The molecule has 90 valence electrons. The van der Waals surface area contributed by atoms with Gasteiger partial charge in [-0.15, -0.1) is 0 Å². The number of hydrogen-bond acceptors (Lipinski definition) is 3. The Morgan fingerprint density at radius 2 is 2.19 bits per heavy atom. The summed E-state index contributed by atoms with van der Waals surface area (Å²) < 4.78 is 5.16. The first-order valence-electron chi connectivity index (χ1n) is 5.75. The summed E-state index contributed by atoms with van der Waals surface area (Å²) in [5.41, 5.74) is 1.85. The normalized spacial score (nSPS) is 12.2. The number of nitrogens with one attached hydrogen (secondary N) is 1. The van der Waals surface area contributed by atoms with Gasteiger partial charge in [0, 0.05) is 17.3 Å². The molecular formula is C13H21NO2. The third-order valence-corrected chi connectivity index (χ3v) is 2.59. The van der Waals surface area contributed by atoms with Crippen LogP contribution in [0, 0.1) is 0 Å². The van der Waals surface area contributed by atoms with Crippen molar-refractivity contribution in [2.45, 2.75) is 39.3 Å². The van der Waals surface area contributed by atoms with Crippen molar-refractivity contribution in [2.75, 3.05) is 12.4 Å². The molecule has 1 aromatic carbocycles. The number of rotatable bonds is 6. The summed E-state index contributed by atoms with van der Waals surface area (Å²) in [4.78, 5) is 0. The molecular weight excluding hydrogens is 202 g/mol. The fraction of sp³-hybridized carbons (Fsp3) is 0.538. The molecule has 0 aromatic heterocycles. The van der Waals surface area contributed by atoms with Crippen LogP contribution in [0.4, 0.5) is 5.69 Å². The van der Waals surface area contributed by atoms with Crippen LogP contribution in [0.1, 0.15) is 32.3 Å². The van der Waals surface area contributed by atoms with Crippen molar-refractivity contribution in [3.63, 3.8) is 0 Å². The first-order chi connectivity index (χ1) is 7.71. The van der Waals surface area contributed by atoms with Gasteiger partial charge in [-0.25, -0.2) is 0 Å². The molecule has 0 spiro atoms. The van der Waals surface area contributed by atoms with Crippen molar-refractivity contribution >= 4 is 5.69 Å². The van der Waals surface area contributed by atoms with Gasteiger partial charge in [-0.1, -0.05) is 13.3 Å². The Bertz CT molecular complexity index is 326. The van der Waals surface area contributed by atoms with Crippen molar-refractivity contribution in [1.82, 2.24) is 0 Å². The van der Waals surface area contributed by atoms with E-state index in [1.165, 1.54) is 0 Å². The highest BCUT2D eigenvalue weighted by Gasteiger charge is 2.05. The van der Waals surface area contributed by atoms with Gasteiger partial charge < -0.3 is 15.2 Å². The van der Waals surface area contributed by atoms with Crippen LogP contribution in [0.2, 0.25) is 0 Å². The first-order valence-corrected chi connectivity index (χ1v) is 5.75. The highest BCUT2D eigenvalue weighted by Crippen LogP contribution is 2.23. The average Bonchev–Trinajstić information content (AvgIpc) is 2.29. The first kappa shape index (κ1) is 12.8. The van der Waals surface area contributed by atoms with E-state index in [2.05, 4.69) is 19.2 Å². The smallest absolute Gasteiger partial charge is 0.124 e. The lowest BCUT2D eigenvalue weighted by Gasteiger charge is -2.16. The Morgan fingerprint density at radius 1 is 1.44 bits per heavy atom. The van der Waals surface area contributed by atoms with Crippen molar-refractivity contribution < 1.29 is 9.84 Å². The van der Waals surface area contributed by atoms with E-state index >= 15 is 0 Å². The molecule has 0 saturated carbocycles. The van der Waals surface area contributed by atoms with Crippen LogP contribution in [-0.2, 0) is 6.61 Å².